The van der Waals surface area contributed by atoms with E-state index in [0.717, 1.165) is 6.54 Å². The molecule has 1 atom stereocenters. The van der Waals surface area contributed by atoms with E-state index in [4.69, 9.17) is 5.73 Å². The molecule has 1 aromatic rings. The molecule has 0 saturated heterocycles. The number of unbranched alkanes of at least 4 members (excludes halogenated alkanes) is 6. The number of nitrogens with two attached hydrogens (primary N) is 1. The number of hydrogen-bond donors (Lipinski definition) is 1. The first kappa shape index (κ1) is 16.3. The maximum Gasteiger partial charge on any atom is 0.0333 e. The molecule has 0 aliphatic rings. The molecule has 1 rings (SSSR count). The molecular weight excluding hydrogens is 232 g/mol. The third kappa shape index (κ3) is 6.29. The molecule has 0 aliphatic heterocycles. The lowest BCUT2D eigenvalue weighted by atomic mass is 10.00. The smallest absolute Gasteiger partial charge is 0.0333 e. The topological polar surface area (TPSA) is 30.9 Å². The third-order valence-corrected chi connectivity index (χ3v) is 3.90. The molecular formula is C17H32N2. The van der Waals surface area contributed by atoms with Crippen LogP contribution in [-0.4, -0.2) is 4.57 Å². The van der Waals surface area contributed by atoms with Crippen molar-refractivity contribution in [3.63, 3.8) is 0 Å². The summed E-state index contributed by atoms with van der Waals surface area (Å²) in [5, 5.41) is 0. The molecule has 0 spiro atoms. The van der Waals surface area contributed by atoms with Crippen LogP contribution in [0, 0.1) is 5.92 Å². The van der Waals surface area contributed by atoms with Crippen molar-refractivity contribution in [1.82, 2.24) is 4.57 Å². The lowest BCUT2D eigenvalue weighted by Crippen LogP contribution is -2.15. The predicted octanol–water partition coefficient (Wildman–Crippen LogP) is 4.89. The van der Waals surface area contributed by atoms with Gasteiger partial charge in [0.05, 0.1) is 0 Å². The molecule has 1 heterocycles. The lowest BCUT2D eigenvalue weighted by Gasteiger charge is -2.13. The number of rotatable bonds is 10. The summed E-state index contributed by atoms with van der Waals surface area (Å²) in [5.74, 6) is 0.509. The summed E-state index contributed by atoms with van der Waals surface area (Å²) >= 11 is 0. The number of hydrogen-bond acceptors (Lipinski definition) is 1. The molecule has 0 radical (unpaired) electrons. The van der Waals surface area contributed by atoms with Crippen molar-refractivity contribution in [1.29, 1.82) is 0 Å². The number of aryl methyl sites for hydroxylation is 1. The predicted molar refractivity (Wildman–Crippen MR) is 84.2 cm³/mol. The number of aromatic nitrogens is 1. The van der Waals surface area contributed by atoms with E-state index in [0.29, 0.717) is 5.92 Å². The van der Waals surface area contributed by atoms with E-state index >= 15 is 0 Å². The highest BCUT2D eigenvalue weighted by Crippen LogP contribution is 2.19. The molecule has 1 aromatic heterocycles. The van der Waals surface area contributed by atoms with Crippen LogP contribution in [0.3, 0.4) is 0 Å². The van der Waals surface area contributed by atoms with Crippen molar-refractivity contribution in [2.75, 3.05) is 0 Å². The molecule has 1 unspecified atom stereocenters. The molecule has 2 N–H and O–H groups in total. The monoisotopic (exact) mass is 264 g/mol. The highest BCUT2D eigenvalue weighted by Gasteiger charge is 2.11. The summed E-state index contributed by atoms with van der Waals surface area (Å²) in [4.78, 5) is 0. The van der Waals surface area contributed by atoms with Gasteiger partial charge in [-0.1, -0.05) is 59.3 Å². The Bertz CT molecular complexity index is 328. The first-order chi connectivity index (χ1) is 9.15. The average molecular weight is 264 g/mol. The van der Waals surface area contributed by atoms with Crippen LogP contribution in [0.15, 0.2) is 18.5 Å². The maximum atomic E-state index is 6.16. The van der Waals surface area contributed by atoms with Crippen molar-refractivity contribution in [3.05, 3.63) is 24.0 Å². The molecule has 2 heteroatoms. The minimum Gasteiger partial charge on any atom is -0.354 e. The molecule has 2 nitrogen and oxygen atoms in total. The second-order valence-electron chi connectivity index (χ2n) is 6.07. The second-order valence-corrected chi connectivity index (χ2v) is 6.07. The van der Waals surface area contributed by atoms with Crippen LogP contribution < -0.4 is 5.73 Å². The SMILES string of the molecule is CCCCCCCCCn1ccc(C(N)C(C)C)c1. The molecule has 0 saturated carbocycles. The first-order valence-corrected chi connectivity index (χ1v) is 8.06. The zero-order valence-corrected chi connectivity index (χ0v) is 13.1. The van der Waals surface area contributed by atoms with E-state index in [1.54, 1.807) is 0 Å². The number of nitrogens with zero attached hydrogens (tertiary/aromatic N) is 1. The van der Waals surface area contributed by atoms with Crippen LogP contribution in [0.5, 0.6) is 0 Å². The minimum atomic E-state index is 0.176. The van der Waals surface area contributed by atoms with Gasteiger partial charge in [-0.2, -0.15) is 0 Å². The Kier molecular flexibility index (Phi) is 7.88. The second kappa shape index (κ2) is 9.19. The molecule has 0 fully saturated rings. The van der Waals surface area contributed by atoms with Crippen LogP contribution in [-0.2, 0) is 6.54 Å². The third-order valence-electron chi connectivity index (χ3n) is 3.90. The zero-order chi connectivity index (χ0) is 14.1. The summed E-state index contributed by atoms with van der Waals surface area (Å²) in [7, 11) is 0. The molecule has 0 aliphatic carbocycles. The van der Waals surface area contributed by atoms with Crippen LogP contribution in [0.25, 0.3) is 0 Å². The van der Waals surface area contributed by atoms with Crippen LogP contribution >= 0.6 is 0 Å². The molecule has 19 heavy (non-hydrogen) atoms. The van der Waals surface area contributed by atoms with E-state index in [-0.39, 0.29) is 6.04 Å². The van der Waals surface area contributed by atoms with Gasteiger partial charge >= 0.3 is 0 Å². The zero-order valence-electron chi connectivity index (χ0n) is 13.1. The van der Waals surface area contributed by atoms with E-state index < -0.39 is 0 Å². The Balaban J connectivity index is 2.16. The van der Waals surface area contributed by atoms with Gasteiger partial charge in [0.1, 0.15) is 0 Å². The summed E-state index contributed by atoms with van der Waals surface area (Å²) < 4.78 is 2.30. The quantitative estimate of drug-likeness (QED) is 0.599. The fraction of sp³-hybridized carbons (Fsp3) is 0.765. The van der Waals surface area contributed by atoms with Gasteiger partial charge in [-0.05, 0) is 24.0 Å². The van der Waals surface area contributed by atoms with Crippen molar-refractivity contribution < 1.29 is 0 Å². The molecule has 0 bridgehead atoms. The van der Waals surface area contributed by atoms with Gasteiger partial charge in [0.2, 0.25) is 0 Å². The summed E-state index contributed by atoms with van der Waals surface area (Å²) in [5.41, 5.74) is 7.44. The summed E-state index contributed by atoms with van der Waals surface area (Å²) in [6.07, 6.45) is 14.0. The Hall–Kier alpha value is -0.760. The van der Waals surface area contributed by atoms with Gasteiger partial charge in [-0.3, -0.25) is 0 Å². The van der Waals surface area contributed by atoms with E-state index in [1.807, 2.05) is 0 Å². The fourth-order valence-corrected chi connectivity index (χ4v) is 2.43. The summed E-state index contributed by atoms with van der Waals surface area (Å²) in [6, 6.07) is 2.35. The van der Waals surface area contributed by atoms with E-state index in [9.17, 15) is 0 Å². The Morgan fingerprint density at radius 2 is 1.68 bits per heavy atom. The Morgan fingerprint density at radius 1 is 1.05 bits per heavy atom. The van der Waals surface area contributed by atoms with Gasteiger partial charge in [-0.15, -0.1) is 0 Å². The fourth-order valence-electron chi connectivity index (χ4n) is 2.43. The normalized spacial score (nSPS) is 13.1. The van der Waals surface area contributed by atoms with Crippen molar-refractivity contribution in [2.24, 2.45) is 11.7 Å². The molecule has 0 amide bonds. The Morgan fingerprint density at radius 3 is 2.32 bits per heavy atom. The lowest BCUT2D eigenvalue weighted by molar-refractivity contribution is 0.511. The highest BCUT2D eigenvalue weighted by molar-refractivity contribution is 5.15. The highest BCUT2D eigenvalue weighted by atomic mass is 14.9. The van der Waals surface area contributed by atoms with Crippen molar-refractivity contribution >= 4 is 0 Å². The van der Waals surface area contributed by atoms with Crippen molar-refractivity contribution in [2.45, 2.75) is 78.3 Å². The first-order valence-electron chi connectivity index (χ1n) is 8.06. The average Bonchev–Trinajstić information content (AvgIpc) is 2.85. The molecule has 0 aromatic carbocycles. The van der Waals surface area contributed by atoms with Gasteiger partial charge in [0.25, 0.3) is 0 Å². The van der Waals surface area contributed by atoms with Crippen LogP contribution in [0.1, 0.15) is 77.3 Å². The minimum absolute atomic E-state index is 0.176. The maximum absolute atomic E-state index is 6.16. The van der Waals surface area contributed by atoms with Crippen LogP contribution in [0.4, 0.5) is 0 Å². The Labute approximate surface area is 119 Å². The van der Waals surface area contributed by atoms with E-state index in [1.165, 1.54) is 50.5 Å². The standard InChI is InChI=1S/C17H32N2/c1-4-5-6-7-8-9-10-12-19-13-11-16(14-19)17(18)15(2)3/h11,13-15,17H,4-10,12,18H2,1-3H3. The van der Waals surface area contributed by atoms with Gasteiger partial charge in [0.15, 0.2) is 0 Å². The molecule has 110 valence electrons. The largest absolute Gasteiger partial charge is 0.354 e. The van der Waals surface area contributed by atoms with E-state index in [2.05, 4.69) is 43.8 Å². The van der Waals surface area contributed by atoms with Gasteiger partial charge in [-0.25, -0.2) is 0 Å². The van der Waals surface area contributed by atoms with Gasteiger partial charge in [0, 0.05) is 25.0 Å². The van der Waals surface area contributed by atoms with Crippen molar-refractivity contribution in [3.8, 4) is 0 Å². The summed E-state index contributed by atoms with van der Waals surface area (Å²) in [6.45, 7) is 7.76. The van der Waals surface area contributed by atoms with Crippen LogP contribution in [0.2, 0.25) is 0 Å². The van der Waals surface area contributed by atoms with Gasteiger partial charge < -0.3 is 10.3 Å².